The molecule has 0 radical (unpaired) electrons. The number of alkyl halides is 4. The molecular formula is C5H6ClF3N4. The number of hydrogen-bond acceptors (Lipinski definition) is 3. The predicted octanol–water partition coefficient (Wildman–Crippen LogP) is 1.36. The van der Waals surface area contributed by atoms with E-state index in [1.165, 1.54) is 0 Å². The van der Waals surface area contributed by atoms with Crippen LogP contribution in [0.2, 0.25) is 0 Å². The van der Waals surface area contributed by atoms with E-state index in [4.69, 9.17) is 11.6 Å². The highest BCUT2D eigenvalue weighted by Crippen LogP contribution is 2.20. The van der Waals surface area contributed by atoms with Gasteiger partial charge in [0.1, 0.15) is 0 Å². The molecule has 0 aliphatic heterocycles. The number of hydrogen-bond donors (Lipinski definition) is 0. The van der Waals surface area contributed by atoms with Crippen molar-refractivity contribution in [1.82, 2.24) is 20.2 Å². The van der Waals surface area contributed by atoms with Crippen LogP contribution in [0.25, 0.3) is 0 Å². The van der Waals surface area contributed by atoms with Gasteiger partial charge in [0, 0.05) is 0 Å². The van der Waals surface area contributed by atoms with Crippen molar-refractivity contribution < 1.29 is 13.2 Å². The van der Waals surface area contributed by atoms with Crippen LogP contribution in [0.1, 0.15) is 12.2 Å². The molecule has 0 aliphatic rings. The van der Waals surface area contributed by atoms with Gasteiger partial charge in [0.2, 0.25) is 0 Å². The summed E-state index contributed by atoms with van der Waals surface area (Å²) in [5.74, 6) is 0.246. The molecule has 4 nitrogen and oxygen atoms in total. The number of aromatic nitrogens is 4. The number of nitrogens with zero attached hydrogens (tertiary/aromatic N) is 4. The molecule has 8 heteroatoms. The predicted molar refractivity (Wildman–Crippen MR) is 38.0 cm³/mol. The summed E-state index contributed by atoms with van der Waals surface area (Å²) in [5, 5.41) is 10.0. The van der Waals surface area contributed by atoms with Crippen molar-refractivity contribution in [3.8, 4) is 0 Å². The maximum atomic E-state index is 11.8. The Bertz CT molecular complexity index is 271. The highest BCUT2D eigenvalue weighted by molar-refractivity contribution is 6.16. The van der Waals surface area contributed by atoms with Crippen molar-refractivity contribution in [3.63, 3.8) is 0 Å². The number of tetrazole rings is 1. The van der Waals surface area contributed by atoms with E-state index < -0.39 is 12.6 Å². The zero-order valence-electron chi connectivity index (χ0n) is 6.42. The minimum absolute atomic E-state index is 0.00482. The van der Waals surface area contributed by atoms with E-state index in [1.54, 1.807) is 0 Å². The van der Waals surface area contributed by atoms with Crippen LogP contribution in [0.4, 0.5) is 13.2 Å². The molecule has 0 unspecified atom stereocenters. The summed E-state index contributed by atoms with van der Waals surface area (Å²) in [6.45, 7) is -0.293. The first kappa shape index (κ1) is 10.2. The van der Waals surface area contributed by atoms with E-state index in [0.717, 1.165) is 4.68 Å². The van der Waals surface area contributed by atoms with E-state index in [1.807, 2.05) is 0 Å². The lowest BCUT2D eigenvalue weighted by Crippen LogP contribution is -2.14. The van der Waals surface area contributed by atoms with Crippen molar-refractivity contribution in [2.24, 2.45) is 0 Å². The van der Waals surface area contributed by atoms with Gasteiger partial charge in [-0.2, -0.15) is 13.2 Å². The van der Waals surface area contributed by atoms with E-state index in [0.29, 0.717) is 0 Å². The summed E-state index contributed by atoms with van der Waals surface area (Å²) in [5.41, 5.74) is 0. The maximum absolute atomic E-state index is 11.8. The standard InChI is InChI=1S/C5H6ClF3N4/c6-3-4-10-11-12-13(4)2-1-5(7,8)9/h1-3H2. The van der Waals surface area contributed by atoms with Gasteiger partial charge in [0.15, 0.2) is 5.82 Å². The van der Waals surface area contributed by atoms with Gasteiger partial charge in [-0.25, -0.2) is 4.68 Å². The quantitative estimate of drug-likeness (QED) is 0.714. The molecule has 1 aromatic heterocycles. The molecule has 0 bridgehead atoms. The SMILES string of the molecule is FC(F)(F)CCn1nnnc1CCl. The maximum Gasteiger partial charge on any atom is 0.390 e. The van der Waals surface area contributed by atoms with Crippen LogP contribution in [0, 0.1) is 0 Å². The van der Waals surface area contributed by atoms with Crippen LogP contribution in [0.15, 0.2) is 0 Å². The minimum Gasteiger partial charge on any atom is -0.228 e. The number of aryl methyl sites for hydroxylation is 1. The van der Waals surface area contributed by atoms with E-state index in [9.17, 15) is 13.2 Å². The lowest BCUT2D eigenvalue weighted by Gasteiger charge is -2.05. The minimum atomic E-state index is -4.20. The Morgan fingerprint density at radius 3 is 2.62 bits per heavy atom. The summed E-state index contributed by atoms with van der Waals surface area (Å²) < 4.78 is 36.3. The van der Waals surface area contributed by atoms with Gasteiger partial charge in [-0.05, 0) is 10.4 Å². The first-order valence-electron chi connectivity index (χ1n) is 3.40. The Morgan fingerprint density at radius 1 is 1.38 bits per heavy atom. The molecule has 0 saturated carbocycles. The number of halogens is 4. The molecule has 0 N–H and O–H groups in total. The largest absolute Gasteiger partial charge is 0.390 e. The Kier molecular flexibility index (Phi) is 3.07. The topological polar surface area (TPSA) is 43.6 Å². The zero-order valence-corrected chi connectivity index (χ0v) is 7.18. The summed E-state index contributed by atoms with van der Waals surface area (Å²) >= 11 is 5.38. The van der Waals surface area contributed by atoms with Crippen LogP contribution in [0.5, 0.6) is 0 Å². The normalized spacial score (nSPS) is 12.0. The summed E-state index contributed by atoms with van der Waals surface area (Å²) in [4.78, 5) is 0. The van der Waals surface area contributed by atoms with E-state index in [2.05, 4.69) is 15.5 Å². The smallest absolute Gasteiger partial charge is 0.228 e. The monoisotopic (exact) mass is 214 g/mol. The van der Waals surface area contributed by atoms with Gasteiger partial charge in [0.05, 0.1) is 18.8 Å². The Morgan fingerprint density at radius 2 is 2.08 bits per heavy atom. The van der Waals surface area contributed by atoms with E-state index >= 15 is 0 Å². The van der Waals surface area contributed by atoms with Crippen LogP contribution >= 0.6 is 11.6 Å². The Balaban J connectivity index is 2.54. The van der Waals surface area contributed by atoms with Crippen LogP contribution in [-0.2, 0) is 12.4 Å². The third-order valence-electron chi connectivity index (χ3n) is 1.33. The Labute approximate surface area is 76.7 Å². The summed E-state index contributed by atoms with van der Waals surface area (Å²) in [6.07, 6.45) is -5.16. The molecule has 13 heavy (non-hydrogen) atoms. The van der Waals surface area contributed by atoms with Crippen molar-refractivity contribution in [1.29, 1.82) is 0 Å². The lowest BCUT2D eigenvalue weighted by molar-refractivity contribution is -0.137. The molecule has 0 aromatic carbocycles. The molecule has 74 valence electrons. The Hall–Kier alpha value is -0.850. The van der Waals surface area contributed by atoms with Gasteiger partial charge in [-0.3, -0.25) is 0 Å². The average molecular weight is 215 g/mol. The van der Waals surface area contributed by atoms with Crippen molar-refractivity contribution in [3.05, 3.63) is 5.82 Å². The highest BCUT2D eigenvalue weighted by Gasteiger charge is 2.27. The molecule has 0 amide bonds. The lowest BCUT2D eigenvalue weighted by atomic mass is 10.4. The fourth-order valence-corrected chi connectivity index (χ4v) is 0.917. The first-order chi connectivity index (χ1) is 6.03. The van der Waals surface area contributed by atoms with E-state index in [-0.39, 0.29) is 18.2 Å². The zero-order chi connectivity index (χ0) is 9.90. The average Bonchev–Trinajstić information content (AvgIpc) is 2.46. The molecule has 1 heterocycles. The van der Waals surface area contributed by atoms with Gasteiger partial charge in [0.25, 0.3) is 0 Å². The van der Waals surface area contributed by atoms with Crippen LogP contribution in [-0.4, -0.2) is 26.4 Å². The van der Waals surface area contributed by atoms with Gasteiger partial charge >= 0.3 is 6.18 Å². The highest BCUT2D eigenvalue weighted by atomic mass is 35.5. The number of rotatable bonds is 3. The molecule has 0 aliphatic carbocycles. The third kappa shape index (κ3) is 3.17. The molecular weight excluding hydrogens is 209 g/mol. The fraction of sp³-hybridized carbons (Fsp3) is 0.800. The van der Waals surface area contributed by atoms with Crippen molar-refractivity contribution in [2.45, 2.75) is 25.0 Å². The molecule has 0 fully saturated rings. The van der Waals surface area contributed by atoms with Gasteiger partial charge in [-0.15, -0.1) is 16.7 Å². The molecule has 1 rings (SSSR count). The molecule has 0 saturated heterocycles. The van der Waals surface area contributed by atoms with Crippen molar-refractivity contribution >= 4 is 11.6 Å². The van der Waals surface area contributed by atoms with Gasteiger partial charge < -0.3 is 0 Å². The summed E-state index contributed by atoms with van der Waals surface area (Å²) in [7, 11) is 0. The van der Waals surface area contributed by atoms with Crippen LogP contribution in [0.3, 0.4) is 0 Å². The second-order valence-electron chi connectivity index (χ2n) is 2.32. The molecule has 0 spiro atoms. The second kappa shape index (κ2) is 3.91. The van der Waals surface area contributed by atoms with Crippen LogP contribution < -0.4 is 0 Å². The van der Waals surface area contributed by atoms with Gasteiger partial charge in [-0.1, -0.05) is 0 Å². The van der Waals surface area contributed by atoms with Crippen molar-refractivity contribution in [2.75, 3.05) is 0 Å². The molecule has 1 aromatic rings. The first-order valence-corrected chi connectivity index (χ1v) is 3.94. The summed E-state index contributed by atoms with van der Waals surface area (Å²) in [6, 6.07) is 0. The molecule has 0 atom stereocenters. The third-order valence-corrected chi connectivity index (χ3v) is 1.57. The fourth-order valence-electron chi connectivity index (χ4n) is 0.725. The second-order valence-corrected chi connectivity index (χ2v) is 2.58.